The lowest BCUT2D eigenvalue weighted by molar-refractivity contribution is 0.112. The zero-order valence-corrected chi connectivity index (χ0v) is 10.7. The molecule has 0 aliphatic heterocycles. The van der Waals surface area contributed by atoms with Crippen LogP contribution in [0.5, 0.6) is 0 Å². The van der Waals surface area contributed by atoms with Gasteiger partial charge in [0, 0.05) is 0 Å². The van der Waals surface area contributed by atoms with Crippen molar-refractivity contribution in [3.8, 4) is 5.69 Å². The Morgan fingerprint density at radius 2 is 2.00 bits per heavy atom. The maximum Gasteiger partial charge on any atom is 0.155 e. The fourth-order valence-corrected chi connectivity index (χ4v) is 2.06. The lowest BCUT2D eigenvalue weighted by atomic mass is 10.1. The van der Waals surface area contributed by atoms with Crippen molar-refractivity contribution in [1.29, 1.82) is 0 Å². The van der Waals surface area contributed by atoms with Crippen LogP contribution in [-0.2, 0) is 0 Å². The molecule has 0 bridgehead atoms. The summed E-state index contributed by atoms with van der Waals surface area (Å²) in [6, 6.07) is 6.05. The number of nitrogens with zero attached hydrogens (tertiary/aromatic N) is 2. The molecule has 0 atom stereocenters. The lowest BCUT2D eigenvalue weighted by Gasteiger charge is -2.08. The van der Waals surface area contributed by atoms with Gasteiger partial charge in [-0.1, -0.05) is 23.7 Å². The molecule has 0 fully saturated rings. The number of aryl methyl sites for hydroxylation is 3. The third-order valence-electron chi connectivity index (χ3n) is 2.76. The van der Waals surface area contributed by atoms with Gasteiger partial charge in [-0.15, -0.1) is 0 Å². The summed E-state index contributed by atoms with van der Waals surface area (Å²) >= 11 is 6.16. The highest BCUT2D eigenvalue weighted by atomic mass is 35.5. The molecule has 2 rings (SSSR count). The Morgan fingerprint density at radius 1 is 1.29 bits per heavy atom. The zero-order chi connectivity index (χ0) is 12.6. The number of carbonyl (C=O) groups excluding carboxylic acids is 1. The van der Waals surface area contributed by atoms with Crippen LogP contribution in [0.3, 0.4) is 0 Å². The summed E-state index contributed by atoms with van der Waals surface area (Å²) < 4.78 is 1.61. The van der Waals surface area contributed by atoms with E-state index in [2.05, 4.69) is 5.10 Å². The first-order valence-corrected chi connectivity index (χ1v) is 5.70. The number of benzene rings is 1. The fourth-order valence-electron chi connectivity index (χ4n) is 1.75. The van der Waals surface area contributed by atoms with Gasteiger partial charge in [-0.25, -0.2) is 4.68 Å². The highest BCUT2D eigenvalue weighted by molar-refractivity contribution is 6.32. The molecule has 0 aliphatic carbocycles. The van der Waals surface area contributed by atoms with Gasteiger partial charge in [0.05, 0.1) is 16.9 Å². The maximum absolute atomic E-state index is 10.9. The molecule has 1 aromatic heterocycles. The van der Waals surface area contributed by atoms with Crippen molar-refractivity contribution in [2.75, 3.05) is 0 Å². The molecular formula is C13H13ClN2O. The molecule has 0 unspecified atom stereocenters. The van der Waals surface area contributed by atoms with Gasteiger partial charge in [0.15, 0.2) is 6.29 Å². The minimum Gasteiger partial charge on any atom is -0.298 e. The Balaban J connectivity index is 2.68. The van der Waals surface area contributed by atoms with Gasteiger partial charge in [-0.3, -0.25) is 4.79 Å². The van der Waals surface area contributed by atoms with E-state index in [-0.39, 0.29) is 0 Å². The predicted octanol–water partition coefficient (Wildman–Crippen LogP) is 3.26. The standard InChI is InChI=1S/C13H13ClN2O/c1-8-4-5-9(2)12(6-8)16-13(14)11(7-17)10(3)15-16/h4-7H,1-3H3. The van der Waals surface area contributed by atoms with Gasteiger partial charge in [-0.05, 0) is 38.0 Å². The van der Waals surface area contributed by atoms with Gasteiger partial charge in [0.2, 0.25) is 0 Å². The molecule has 0 spiro atoms. The number of rotatable bonds is 2. The SMILES string of the molecule is Cc1ccc(C)c(-n2nc(C)c(C=O)c2Cl)c1. The van der Waals surface area contributed by atoms with Crippen LogP contribution in [0.25, 0.3) is 5.69 Å². The third kappa shape index (κ3) is 1.98. The zero-order valence-electron chi connectivity index (χ0n) is 9.99. The Morgan fingerprint density at radius 3 is 2.59 bits per heavy atom. The molecule has 0 aliphatic rings. The Bertz CT molecular complexity index is 587. The first-order chi connectivity index (χ1) is 8.04. The average Bonchev–Trinajstić information content (AvgIpc) is 2.57. The highest BCUT2D eigenvalue weighted by Gasteiger charge is 2.15. The summed E-state index contributed by atoms with van der Waals surface area (Å²) in [5, 5.41) is 4.67. The smallest absolute Gasteiger partial charge is 0.155 e. The normalized spacial score (nSPS) is 10.6. The summed E-state index contributed by atoms with van der Waals surface area (Å²) in [7, 11) is 0. The number of halogens is 1. The minimum atomic E-state index is 0.367. The van der Waals surface area contributed by atoms with E-state index in [9.17, 15) is 4.79 Å². The molecule has 3 nitrogen and oxygen atoms in total. The topological polar surface area (TPSA) is 34.9 Å². The van der Waals surface area contributed by atoms with E-state index in [0.717, 1.165) is 23.1 Å². The quantitative estimate of drug-likeness (QED) is 0.765. The monoisotopic (exact) mass is 248 g/mol. The second kappa shape index (κ2) is 4.34. The molecule has 17 heavy (non-hydrogen) atoms. The summed E-state index contributed by atoms with van der Waals surface area (Å²) in [5.41, 5.74) is 4.20. The number of aromatic nitrogens is 2. The number of hydrogen-bond donors (Lipinski definition) is 0. The number of carbonyl (C=O) groups is 1. The Kier molecular flexibility index (Phi) is 3.03. The van der Waals surface area contributed by atoms with Crippen molar-refractivity contribution >= 4 is 17.9 Å². The van der Waals surface area contributed by atoms with Crippen LogP contribution in [0.2, 0.25) is 5.15 Å². The molecule has 0 saturated carbocycles. The van der Waals surface area contributed by atoms with E-state index in [1.165, 1.54) is 0 Å². The van der Waals surface area contributed by atoms with E-state index in [4.69, 9.17) is 11.6 Å². The fraction of sp³-hybridized carbons (Fsp3) is 0.231. The van der Waals surface area contributed by atoms with Crippen LogP contribution in [0, 0.1) is 20.8 Å². The van der Waals surface area contributed by atoms with E-state index < -0.39 is 0 Å². The molecule has 2 aromatic rings. The largest absolute Gasteiger partial charge is 0.298 e. The predicted molar refractivity (Wildman–Crippen MR) is 68.2 cm³/mol. The van der Waals surface area contributed by atoms with Gasteiger partial charge >= 0.3 is 0 Å². The van der Waals surface area contributed by atoms with Crippen LogP contribution in [0.4, 0.5) is 0 Å². The Labute approximate surface area is 105 Å². The van der Waals surface area contributed by atoms with E-state index in [1.54, 1.807) is 11.6 Å². The van der Waals surface area contributed by atoms with E-state index in [1.807, 2.05) is 32.0 Å². The molecule has 0 saturated heterocycles. The third-order valence-corrected chi connectivity index (χ3v) is 3.12. The molecule has 88 valence electrons. The molecule has 0 amide bonds. The maximum atomic E-state index is 10.9. The van der Waals surface area contributed by atoms with Gasteiger partial charge in [0.25, 0.3) is 0 Å². The molecule has 0 N–H and O–H groups in total. The second-order valence-electron chi connectivity index (χ2n) is 4.11. The van der Waals surface area contributed by atoms with Crippen molar-refractivity contribution < 1.29 is 4.79 Å². The lowest BCUT2D eigenvalue weighted by Crippen LogP contribution is -2.00. The molecule has 1 aromatic carbocycles. The number of hydrogen-bond acceptors (Lipinski definition) is 2. The first kappa shape index (κ1) is 11.9. The van der Waals surface area contributed by atoms with Crippen LogP contribution >= 0.6 is 11.6 Å². The summed E-state index contributed by atoms with van der Waals surface area (Å²) in [4.78, 5) is 10.9. The first-order valence-electron chi connectivity index (χ1n) is 5.32. The summed E-state index contributed by atoms with van der Waals surface area (Å²) in [6.45, 7) is 5.77. The summed E-state index contributed by atoms with van der Waals surface area (Å²) in [6.07, 6.45) is 0.742. The average molecular weight is 249 g/mol. The van der Waals surface area contributed by atoms with Crippen molar-refractivity contribution in [3.63, 3.8) is 0 Å². The molecule has 4 heteroatoms. The van der Waals surface area contributed by atoms with Crippen LogP contribution < -0.4 is 0 Å². The molecule has 1 heterocycles. The minimum absolute atomic E-state index is 0.367. The van der Waals surface area contributed by atoms with Crippen molar-refractivity contribution in [2.45, 2.75) is 20.8 Å². The van der Waals surface area contributed by atoms with Crippen LogP contribution in [0.1, 0.15) is 27.2 Å². The summed E-state index contributed by atoms with van der Waals surface area (Å²) in [5.74, 6) is 0. The van der Waals surface area contributed by atoms with Gasteiger partial charge in [-0.2, -0.15) is 5.10 Å². The van der Waals surface area contributed by atoms with Crippen molar-refractivity contribution in [2.24, 2.45) is 0 Å². The second-order valence-corrected chi connectivity index (χ2v) is 4.47. The molecular weight excluding hydrogens is 236 g/mol. The van der Waals surface area contributed by atoms with E-state index >= 15 is 0 Å². The number of aldehydes is 1. The highest BCUT2D eigenvalue weighted by Crippen LogP contribution is 2.24. The van der Waals surface area contributed by atoms with Gasteiger partial charge < -0.3 is 0 Å². The Hall–Kier alpha value is -1.61. The van der Waals surface area contributed by atoms with Crippen LogP contribution in [-0.4, -0.2) is 16.1 Å². The van der Waals surface area contributed by atoms with Crippen molar-refractivity contribution in [1.82, 2.24) is 9.78 Å². The van der Waals surface area contributed by atoms with Crippen molar-refractivity contribution in [3.05, 3.63) is 45.7 Å². The van der Waals surface area contributed by atoms with E-state index in [0.29, 0.717) is 16.4 Å². The van der Waals surface area contributed by atoms with Gasteiger partial charge in [0.1, 0.15) is 5.15 Å². The molecule has 0 radical (unpaired) electrons. The van der Waals surface area contributed by atoms with Crippen LogP contribution in [0.15, 0.2) is 18.2 Å².